The molecule has 0 atom stereocenters. The Labute approximate surface area is 146 Å². The minimum absolute atomic E-state index is 0.00131. The standard InChI is InChI=1S/C16H23BrN2O3S/c1-2-3-11-23(21,22)18-15-7-9-19(10-8-15)16(20)13-5-4-6-14(17)12-13/h4-6,12,15,18H,2-3,7-11H2,1H3. The zero-order chi connectivity index (χ0) is 16.9. The Morgan fingerprint density at radius 3 is 2.65 bits per heavy atom. The minimum atomic E-state index is -3.20. The molecule has 0 aliphatic carbocycles. The molecule has 1 amide bonds. The SMILES string of the molecule is CCCCS(=O)(=O)NC1CCN(C(=O)c2cccc(Br)c2)CC1. The van der Waals surface area contributed by atoms with Gasteiger partial charge in [0.25, 0.3) is 5.91 Å². The van der Waals surface area contributed by atoms with Crippen molar-refractivity contribution < 1.29 is 13.2 Å². The zero-order valence-corrected chi connectivity index (χ0v) is 15.7. The summed E-state index contributed by atoms with van der Waals surface area (Å²) < 4.78 is 27.5. The molecule has 1 aromatic carbocycles. The number of hydrogen-bond acceptors (Lipinski definition) is 3. The number of piperidine rings is 1. The third-order valence-corrected chi connectivity index (χ3v) is 5.98. The van der Waals surface area contributed by atoms with Gasteiger partial charge in [-0.15, -0.1) is 0 Å². The molecule has 5 nitrogen and oxygen atoms in total. The van der Waals surface area contributed by atoms with Crippen LogP contribution in [0.4, 0.5) is 0 Å². The molecule has 0 radical (unpaired) electrons. The molecular formula is C16H23BrN2O3S. The van der Waals surface area contributed by atoms with Crippen molar-refractivity contribution in [2.75, 3.05) is 18.8 Å². The number of carbonyl (C=O) groups is 1. The zero-order valence-electron chi connectivity index (χ0n) is 13.3. The van der Waals surface area contributed by atoms with Crippen molar-refractivity contribution in [3.05, 3.63) is 34.3 Å². The fourth-order valence-electron chi connectivity index (χ4n) is 2.65. The molecule has 1 aromatic rings. The summed E-state index contributed by atoms with van der Waals surface area (Å²) in [5.41, 5.74) is 0.654. The van der Waals surface area contributed by atoms with Crippen LogP contribution < -0.4 is 4.72 Å². The Morgan fingerprint density at radius 1 is 1.35 bits per heavy atom. The quantitative estimate of drug-likeness (QED) is 0.795. The second-order valence-corrected chi connectivity index (χ2v) is 8.66. The molecule has 23 heavy (non-hydrogen) atoms. The van der Waals surface area contributed by atoms with E-state index in [1.807, 2.05) is 25.1 Å². The summed E-state index contributed by atoms with van der Waals surface area (Å²) in [6.45, 7) is 3.13. The summed E-state index contributed by atoms with van der Waals surface area (Å²) in [6.07, 6.45) is 2.85. The van der Waals surface area contributed by atoms with Gasteiger partial charge in [0, 0.05) is 29.2 Å². The Morgan fingerprint density at radius 2 is 2.04 bits per heavy atom. The highest BCUT2D eigenvalue weighted by Crippen LogP contribution is 2.17. The maximum atomic E-state index is 12.5. The number of hydrogen-bond donors (Lipinski definition) is 1. The van der Waals surface area contributed by atoms with E-state index in [-0.39, 0.29) is 17.7 Å². The first kappa shape index (κ1) is 18.4. The van der Waals surface area contributed by atoms with Crippen LogP contribution >= 0.6 is 15.9 Å². The lowest BCUT2D eigenvalue weighted by atomic mass is 10.0. The van der Waals surface area contributed by atoms with E-state index in [1.54, 1.807) is 11.0 Å². The molecule has 0 unspecified atom stereocenters. The molecule has 128 valence electrons. The van der Waals surface area contributed by atoms with Crippen LogP contribution in [-0.2, 0) is 10.0 Å². The van der Waals surface area contributed by atoms with Crippen LogP contribution in [0.3, 0.4) is 0 Å². The van der Waals surface area contributed by atoms with Crippen molar-refractivity contribution in [1.29, 1.82) is 0 Å². The molecule has 1 aliphatic heterocycles. The molecule has 1 aliphatic rings. The molecule has 1 heterocycles. The predicted octanol–water partition coefficient (Wildman–Crippen LogP) is 2.77. The van der Waals surface area contributed by atoms with E-state index in [0.717, 1.165) is 10.9 Å². The van der Waals surface area contributed by atoms with Gasteiger partial charge in [0.1, 0.15) is 0 Å². The summed E-state index contributed by atoms with van der Waals surface area (Å²) in [5.74, 6) is 0.180. The summed E-state index contributed by atoms with van der Waals surface area (Å²) in [6, 6.07) is 7.26. The Hall–Kier alpha value is -0.920. The van der Waals surface area contributed by atoms with Crippen LogP contribution in [0, 0.1) is 0 Å². The van der Waals surface area contributed by atoms with Crippen LogP contribution in [-0.4, -0.2) is 44.1 Å². The smallest absolute Gasteiger partial charge is 0.253 e. The Kier molecular flexibility index (Phi) is 6.61. The van der Waals surface area contributed by atoms with E-state index >= 15 is 0 Å². The normalized spacial score (nSPS) is 16.5. The molecule has 1 fully saturated rings. The van der Waals surface area contributed by atoms with Gasteiger partial charge in [0.2, 0.25) is 10.0 Å². The number of nitrogens with one attached hydrogen (secondary N) is 1. The molecule has 1 saturated heterocycles. The molecule has 2 rings (SSSR count). The minimum Gasteiger partial charge on any atom is -0.339 e. The molecule has 0 spiro atoms. The van der Waals surface area contributed by atoms with Gasteiger partial charge < -0.3 is 4.90 Å². The first-order valence-corrected chi connectivity index (χ1v) is 10.4. The van der Waals surface area contributed by atoms with Crippen LogP contribution in [0.1, 0.15) is 43.0 Å². The number of amides is 1. The number of benzene rings is 1. The average molecular weight is 403 g/mol. The van der Waals surface area contributed by atoms with E-state index in [2.05, 4.69) is 20.7 Å². The van der Waals surface area contributed by atoms with Gasteiger partial charge >= 0.3 is 0 Å². The van der Waals surface area contributed by atoms with E-state index < -0.39 is 10.0 Å². The van der Waals surface area contributed by atoms with Crippen molar-refractivity contribution in [3.63, 3.8) is 0 Å². The largest absolute Gasteiger partial charge is 0.339 e. The van der Waals surface area contributed by atoms with Crippen molar-refractivity contribution in [3.8, 4) is 0 Å². The molecular weight excluding hydrogens is 380 g/mol. The van der Waals surface area contributed by atoms with Crippen molar-refractivity contribution in [1.82, 2.24) is 9.62 Å². The van der Waals surface area contributed by atoms with E-state index in [0.29, 0.717) is 37.9 Å². The number of unbranched alkanes of at least 4 members (excludes halogenated alkanes) is 1. The van der Waals surface area contributed by atoms with Crippen LogP contribution in [0.2, 0.25) is 0 Å². The monoisotopic (exact) mass is 402 g/mol. The maximum Gasteiger partial charge on any atom is 0.253 e. The number of sulfonamides is 1. The Balaban J connectivity index is 1.87. The fraction of sp³-hybridized carbons (Fsp3) is 0.562. The number of rotatable bonds is 6. The first-order chi connectivity index (χ1) is 10.9. The number of nitrogens with zero attached hydrogens (tertiary/aromatic N) is 1. The maximum absolute atomic E-state index is 12.5. The third-order valence-electron chi connectivity index (χ3n) is 3.97. The van der Waals surface area contributed by atoms with Crippen LogP contribution in [0.15, 0.2) is 28.7 Å². The van der Waals surface area contributed by atoms with Gasteiger partial charge in [-0.3, -0.25) is 4.79 Å². The molecule has 0 saturated carbocycles. The highest BCUT2D eigenvalue weighted by atomic mass is 79.9. The predicted molar refractivity (Wildman–Crippen MR) is 94.9 cm³/mol. The van der Waals surface area contributed by atoms with E-state index in [1.165, 1.54) is 0 Å². The van der Waals surface area contributed by atoms with Crippen LogP contribution in [0.25, 0.3) is 0 Å². The Bertz CT molecular complexity index is 640. The second-order valence-electron chi connectivity index (χ2n) is 5.87. The lowest BCUT2D eigenvalue weighted by molar-refractivity contribution is 0.0711. The van der Waals surface area contributed by atoms with Crippen LogP contribution in [0.5, 0.6) is 0 Å². The lowest BCUT2D eigenvalue weighted by Crippen LogP contribution is -2.47. The van der Waals surface area contributed by atoms with E-state index in [9.17, 15) is 13.2 Å². The van der Waals surface area contributed by atoms with Gasteiger partial charge in [-0.25, -0.2) is 13.1 Å². The second kappa shape index (κ2) is 8.26. The summed E-state index contributed by atoms with van der Waals surface area (Å²) in [4.78, 5) is 14.2. The summed E-state index contributed by atoms with van der Waals surface area (Å²) >= 11 is 3.37. The van der Waals surface area contributed by atoms with Gasteiger partial charge in [0.05, 0.1) is 5.75 Å². The third kappa shape index (κ3) is 5.58. The van der Waals surface area contributed by atoms with Crippen molar-refractivity contribution in [2.45, 2.75) is 38.6 Å². The molecule has 1 N–H and O–H groups in total. The average Bonchev–Trinajstić information content (AvgIpc) is 2.53. The van der Waals surface area contributed by atoms with Crippen molar-refractivity contribution in [2.24, 2.45) is 0 Å². The number of carbonyl (C=O) groups excluding carboxylic acids is 1. The van der Waals surface area contributed by atoms with Crippen molar-refractivity contribution >= 4 is 31.9 Å². The van der Waals surface area contributed by atoms with Gasteiger partial charge in [-0.1, -0.05) is 35.3 Å². The molecule has 0 bridgehead atoms. The number of halogens is 1. The highest BCUT2D eigenvalue weighted by molar-refractivity contribution is 9.10. The van der Waals surface area contributed by atoms with Gasteiger partial charge in [-0.2, -0.15) is 0 Å². The molecule has 0 aromatic heterocycles. The van der Waals surface area contributed by atoms with Gasteiger partial charge in [-0.05, 0) is 37.5 Å². The number of likely N-dealkylation sites (tertiary alicyclic amines) is 1. The van der Waals surface area contributed by atoms with Gasteiger partial charge in [0.15, 0.2) is 0 Å². The topological polar surface area (TPSA) is 66.5 Å². The highest BCUT2D eigenvalue weighted by Gasteiger charge is 2.26. The van der Waals surface area contributed by atoms with E-state index in [4.69, 9.17) is 0 Å². The summed E-state index contributed by atoms with van der Waals surface area (Å²) in [7, 11) is -3.20. The summed E-state index contributed by atoms with van der Waals surface area (Å²) in [5, 5.41) is 0. The first-order valence-electron chi connectivity index (χ1n) is 7.96. The fourth-order valence-corrected chi connectivity index (χ4v) is 4.58. The molecule has 7 heteroatoms. The lowest BCUT2D eigenvalue weighted by Gasteiger charge is -2.32.